The largest absolute Gasteiger partial charge is 0.348 e. The maximum Gasteiger partial charge on any atom is 0.348 e. The van der Waals surface area contributed by atoms with E-state index in [2.05, 4.69) is 4.98 Å². The predicted octanol–water partition coefficient (Wildman–Crippen LogP) is 2.40. The van der Waals surface area contributed by atoms with E-state index in [1.807, 2.05) is 6.92 Å². The average molecular weight is 223 g/mol. The highest BCUT2D eigenvalue weighted by Crippen LogP contribution is 2.29. The number of aromatic nitrogens is 2. The van der Waals surface area contributed by atoms with Crippen LogP contribution in [0.2, 0.25) is 0 Å². The van der Waals surface area contributed by atoms with Crippen LogP contribution in [0.3, 0.4) is 0 Å². The fourth-order valence-corrected chi connectivity index (χ4v) is 2.13. The van der Waals surface area contributed by atoms with Crippen LogP contribution >= 0.6 is 11.3 Å². The van der Waals surface area contributed by atoms with E-state index in [0.717, 1.165) is 23.6 Å². The molecule has 0 aliphatic carbocycles. The lowest BCUT2D eigenvalue weighted by Crippen LogP contribution is -2.00. The minimum atomic E-state index is -0.362. The van der Waals surface area contributed by atoms with E-state index >= 15 is 0 Å². The van der Waals surface area contributed by atoms with Crippen molar-refractivity contribution in [3.05, 3.63) is 39.8 Å². The van der Waals surface area contributed by atoms with E-state index in [1.54, 1.807) is 28.4 Å². The summed E-state index contributed by atoms with van der Waals surface area (Å²) in [5.41, 5.74) is 0.597. The van der Waals surface area contributed by atoms with Crippen molar-refractivity contribution in [1.82, 2.24) is 9.55 Å². The first-order chi connectivity index (χ1) is 7.24. The minimum Gasteiger partial charge on any atom is -0.297 e. The third-order valence-corrected chi connectivity index (χ3v) is 2.94. The molecule has 0 spiro atoms. The Bertz CT molecular complexity index is 489. The van der Waals surface area contributed by atoms with Crippen LogP contribution in [-0.4, -0.2) is 14.5 Å². The van der Waals surface area contributed by atoms with Crippen LogP contribution in [-0.2, 0) is 6.42 Å². The lowest BCUT2D eigenvalue weighted by molar-refractivity contribution is -0.379. The molecule has 78 valence electrons. The van der Waals surface area contributed by atoms with Crippen LogP contribution in [0.1, 0.15) is 12.7 Å². The van der Waals surface area contributed by atoms with Gasteiger partial charge in [0, 0.05) is 18.8 Å². The summed E-state index contributed by atoms with van der Waals surface area (Å²) < 4.78 is 1.76. The van der Waals surface area contributed by atoms with Crippen LogP contribution < -0.4 is 0 Å². The highest BCUT2D eigenvalue weighted by molar-refractivity contribution is 7.13. The zero-order valence-electron chi connectivity index (χ0n) is 8.08. The number of rotatable bonds is 3. The molecule has 0 atom stereocenters. The zero-order valence-corrected chi connectivity index (χ0v) is 8.90. The maximum absolute atomic E-state index is 10.8. The molecule has 0 saturated carbocycles. The molecule has 5 nitrogen and oxygen atoms in total. The summed E-state index contributed by atoms with van der Waals surface area (Å²) in [7, 11) is 0. The van der Waals surface area contributed by atoms with Crippen LogP contribution in [0.5, 0.6) is 0 Å². The molecule has 2 aromatic heterocycles. The van der Waals surface area contributed by atoms with Crippen molar-refractivity contribution >= 4 is 16.3 Å². The number of aryl methyl sites for hydroxylation is 1. The van der Waals surface area contributed by atoms with Crippen molar-refractivity contribution in [3.8, 4) is 5.69 Å². The van der Waals surface area contributed by atoms with Gasteiger partial charge in [0.05, 0.1) is 4.92 Å². The van der Waals surface area contributed by atoms with Crippen LogP contribution in [0.25, 0.3) is 5.69 Å². The Labute approximate surface area is 90.2 Å². The molecule has 0 N–H and O–H groups in total. The number of hydrogen-bond acceptors (Lipinski definition) is 4. The Kier molecular flexibility index (Phi) is 2.51. The minimum absolute atomic E-state index is 0.155. The van der Waals surface area contributed by atoms with Gasteiger partial charge in [-0.3, -0.25) is 14.7 Å². The van der Waals surface area contributed by atoms with Gasteiger partial charge >= 0.3 is 5.00 Å². The highest BCUT2D eigenvalue weighted by atomic mass is 32.1. The van der Waals surface area contributed by atoms with Gasteiger partial charge in [-0.05, 0) is 11.4 Å². The molecule has 0 aliphatic rings. The van der Waals surface area contributed by atoms with Gasteiger partial charge in [-0.2, -0.15) is 0 Å². The topological polar surface area (TPSA) is 61.0 Å². The molecular formula is C9H9N3O2S. The summed E-state index contributed by atoms with van der Waals surface area (Å²) in [4.78, 5) is 14.5. The zero-order chi connectivity index (χ0) is 10.8. The van der Waals surface area contributed by atoms with Crippen LogP contribution in [0, 0.1) is 10.1 Å². The molecule has 0 fully saturated rings. The molecule has 0 aromatic carbocycles. The van der Waals surface area contributed by atoms with Crippen molar-refractivity contribution in [2.45, 2.75) is 13.3 Å². The Hall–Kier alpha value is -1.69. The maximum atomic E-state index is 10.8. The quantitative estimate of drug-likeness (QED) is 0.593. The first kappa shape index (κ1) is 9.85. The second-order valence-corrected chi connectivity index (χ2v) is 3.83. The number of imidazole rings is 1. The molecule has 0 bridgehead atoms. The molecule has 0 saturated heterocycles. The predicted molar refractivity (Wildman–Crippen MR) is 57.5 cm³/mol. The Morgan fingerprint density at radius 3 is 3.13 bits per heavy atom. The van der Waals surface area contributed by atoms with Gasteiger partial charge < -0.3 is 0 Å². The number of nitrogens with zero attached hydrogens (tertiary/aromatic N) is 3. The molecule has 2 rings (SSSR count). The fraction of sp³-hybridized carbons (Fsp3) is 0.222. The molecular weight excluding hydrogens is 214 g/mol. The van der Waals surface area contributed by atoms with Crippen molar-refractivity contribution in [2.24, 2.45) is 0 Å². The van der Waals surface area contributed by atoms with Gasteiger partial charge in [-0.15, -0.1) is 0 Å². The van der Waals surface area contributed by atoms with Crippen molar-refractivity contribution in [3.63, 3.8) is 0 Å². The molecule has 2 heterocycles. The van der Waals surface area contributed by atoms with E-state index in [9.17, 15) is 10.1 Å². The molecule has 0 aliphatic heterocycles. The fourth-order valence-electron chi connectivity index (χ4n) is 1.43. The normalized spacial score (nSPS) is 10.5. The third-order valence-electron chi connectivity index (χ3n) is 2.08. The van der Waals surface area contributed by atoms with Crippen LogP contribution in [0.4, 0.5) is 5.00 Å². The molecule has 0 amide bonds. The third kappa shape index (κ3) is 1.63. The summed E-state index contributed by atoms with van der Waals surface area (Å²) in [5, 5.41) is 12.6. The number of hydrogen-bond donors (Lipinski definition) is 0. The first-order valence-corrected chi connectivity index (χ1v) is 5.36. The van der Waals surface area contributed by atoms with Crippen LogP contribution in [0.15, 0.2) is 23.8 Å². The van der Waals surface area contributed by atoms with Crippen molar-refractivity contribution < 1.29 is 4.92 Å². The lowest BCUT2D eigenvalue weighted by atomic mass is 10.4. The van der Waals surface area contributed by atoms with Crippen molar-refractivity contribution in [1.29, 1.82) is 0 Å². The number of nitro groups is 1. The average Bonchev–Trinajstić information content (AvgIpc) is 2.85. The Morgan fingerprint density at radius 2 is 2.47 bits per heavy atom. The second-order valence-electron chi connectivity index (χ2n) is 2.94. The smallest absolute Gasteiger partial charge is 0.297 e. The van der Waals surface area contributed by atoms with Gasteiger partial charge in [-0.1, -0.05) is 18.3 Å². The van der Waals surface area contributed by atoms with E-state index in [-0.39, 0.29) is 9.92 Å². The Morgan fingerprint density at radius 1 is 1.67 bits per heavy atom. The van der Waals surface area contributed by atoms with E-state index in [4.69, 9.17) is 0 Å². The lowest BCUT2D eigenvalue weighted by Gasteiger charge is -2.02. The SMILES string of the molecule is CCc1nccn1-c1ccsc1[N+](=O)[O-]. The summed E-state index contributed by atoms with van der Waals surface area (Å²) in [5.74, 6) is 0.830. The van der Waals surface area contributed by atoms with E-state index in [1.165, 1.54) is 0 Å². The van der Waals surface area contributed by atoms with Gasteiger partial charge in [0.25, 0.3) is 0 Å². The summed E-state index contributed by atoms with van der Waals surface area (Å²) in [6.45, 7) is 1.97. The second kappa shape index (κ2) is 3.82. The summed E-state index contributed by atoms with van der Waals surface area (Å²) in [6.07, 6.45) is 4.15. The molecule has 0 unspecified atom stereocenters. The van der Waals surface area contributed by atoms with Gasteiger partial charge in [0.1, 0.15) is 11.5 Å². The molecule has 2 aromatic rings. The Balaban J connectivity index is 2.54. The van der Waals surface area contributed by atoms with Gasteiger partial charge in [0.15, 0.2) is 0 Å². The molecule has 15 heavy (non-hydrogen) atoms. The molecule has 0 radical (unpaired) electrons. The van der Waals surface area contributed by atoms with Crippen molar-refractivity contribution in [2.75, 3.05) is 0 Å². The first-order valence-electron chi connectivity index (χ1n) is 4.48. The van der Waals surface area contributed by atoms with Gasteiger partial charge in [-0.25, -0.2) is 4.98 Å². The molecule has 6 heteroatoms. The summed E-state index contributed by atoms with van der Waals surface area (Å²) >= 11 is 1.13. The monoisotopic (exact) mass is 223 g/mol. The standard InChI is InChI=1S/C9H9N3O2S/c1-2-8-10-4-5-11(8)7-3-6-15-9(7)12(13)14/h3-6H,2H2,1H3. The highest BCUT2D eigenvalue weighted by Gasteiger charge is 2.18. The van der Waals surface area contributed by atoms with Gasteiger partial charge in [0.2, 0.25) is 0 Å². The number of thiophene rings is 1. The van der Waals surface area contributed by atoms with E-state index < -0.39 is 0 Å². The summed E-state index contributed by atoms with van der Waals surface area (Å²) in [6, 6.07) is 1.74. The van der Waals surface area contributed by atoms with E-state index in [0.29, 0.717) is 5.69 Å².